The van der Waals surface area contributed by atoms with E-state index < -0.39 is 0 Å². The molecule has 0 aliphatic carbocycles. The van der Waals surface area contributed by atoms with Crippen molar-refractivity contribution in [3.8, 4) is 0 Å². The first kappa shape index (κ1) is 8.53. The molecule has 0 fully saturated rings. The molecule has 0 aliphatic heterocycles. The summed E-state index contributed by atoms with van der Waals surface area (Å²) in [7, 11) is 0. The molecule has 0 aliphatic rings. The molecule has 0 radical (unpaired) electrons. The van der Waals surface area contributed by atoms with Crippen LogP contribution in [0.3, 0.4) is 0 Å². The summed E-state index contributed by atoms with van der Waals surface area (Å²) in [5, 5.41) is 2.15. The number of alkyl halides is 1. The van der Waals surface area contributed by atoms with Gasteiger partial charge in [-0.3, -0.25) is 0 Å². The molecule has 0 aromatic carbocycles. The lowest BCUT2D eigenvalue weighted by Crippen LogP contribution is -1.80. The Bertz CT molecular complexity index is 158. The minimum absolute atomic E-state index is 1.28. The predicted octanol–water partition coefficient (Wildman–Crippen LogP) is 3.51. The highest BCUT2D eigenvalue weighted by molar-refractivity contribution is 14.1. The summed E-state index contributed by atoms with van der Waals surface area (Å²) >= 11 is 4.30. The molecule has 56 valence electrons. The van der Waals surface area contributed by atoms with Gasteiger partial charge in [-0.25, -0.2) is 0 Å². The number of aryl methyl sites for hydroxylation is 1. The van der Waals surface area contributed by atoms with Crippen molar-refractivity contribution >= 4 is 33.9 Å². The fourth-order valence-corrected chi connectivity index (χ4v) is 2.14. The van der Waals surface area contributed by atoms with Gasteiger partial charge in [0, 0.05) is 4.88 Å². The number of rotatable bonds is 4. The Labute approximate surface area is 79.8 Å². The monoisotopic (exact) mass is 266 g/mol. The van der Waals surface area contributed by atoms with Crippen molar-refractivity contribution in [3.05, 3.63) is 22.4 Å². The summed E-state index contributed by atoms with van der Waals surface area (Å²) in [6.07, 6.45) is 3.99. The van der Waals surface area contributed by atoms with E-state index in [9.17, 15) is 0 Å². The molecule has 2 heteroatoms. The zero-order valence-corrected chi connectivity index (χ0v) is 8.82. The summed E-state index contributed by atoms with van der Waals surface area (Å²) in [6, 6.07) is 4.35. The molecule has 1 heterocycles. The number of hydrogen-bond acceptors (Lipinski definition) is 1. The van der Waals surface area contributed by atoms with E-state index in [-0.39, 0.29) is 0 Å². The average molecular weight is 266 g/mol. The summed E-state index contributed by atoms with van der Waals surface area (Å²) in [4.78, 5) is 1.53. The molecular weight excluding hydrogens is 255 g/mol. The molecule has 0 saturated carbocycles. The molecule has 0 N–H and O–H groups in total. The summed E-state index contributed by atoms with van der Waals surface area (Å²) in [6.45, 7) is 0. The van der Waals surface area contributed by atoms with Gasteiger partial charge in [-0.1, -0.05) is 28.7 Å². The lowest BCUT2D eigenvalue weighted by Gasteiger charge is -1.92. The van der Waals surface area contributed by atoms with Crippen LogP contribution in [0.15, 0.2) is 17.5 Å². The smallest absolute Gasteiger partial charge is 0.00452 e. The second-order valence-corrected chi connectivity index (χ2v) is 4.34. The number of halogens is 1. The van der Waals surface area contributed by atoms with Gasteiger partial charge in [0.15, 0.2) is 0 Å². The third-order valence-corrected chi connectivity index (χ3v) is 3.09. The molecule has 1 aromatic heterocycles. The molecule has 0 amide bonds. The number of thiophene rings is 1. The van der Waals surface area contributed by atoms with Crippen molar-refractivity contribution in [2.75, 3.05) is 4.43 Å². The van der Waals surface area contributed by atoms with Gasteiger partial charge in [0.1, 0.15) is 0 Å². The zero-order chi connectivity index (χ0) is 7.23. The first-order valence-corrected chi connectivity index (χ1v) is 5.92. The summed E-state index contributed by atoms with van der Waals surface area (Å²) in [5.41, 5.74) is 0. The summed E-state index contributed by atoms with van der Waals surface area (Å²) in [5.74, 6) is 0. The van der Waals surface area contributed by atoms with Crippen LogP contribution in [0.2, 0.25) is 0 Å². The Hall–Kier alpha value is 0.430. The SMILES string of the molecule is ICCCCc1cccs1. The quantitative estimate of drug-likeness (QED) is 0.444. The Morgan fingerprint density at radius 2 is 2.30 bits per heavy atom. The zero-order valence-electron chi connectivity index (χ0n) is 5.85. The maximum absolute atomic E-state index is 2.43. The highest BCUT2D eigenvalue weighted by atomic mass is 127. The van der Waals surface area contributed by atoms with E-state index in [0.717, 1.165) is 0 Å². The van der Waals surface area contributed by atoms with Crippen molar-refractivity contribution in [2.45, 2.75) is 19.3 Å². The molecule has 1 rings (SSSR count). The van der Waals surface area contributed by atoms with Crippen LogP contribution in [0.25, 0.3) is 0 Å². The standard InChI is InChI=1S/C8H11IS/c9-6-2-1-4-8-5-3-7-10-8/h3,5,7H,1-2,4,6H2. The van der Waals surface area contributed by atoms with Crippen molar-refractivity contribution in [1.82, 2.24) is 0 Å². The average Bonchev–Trinajstić information content (AvgIpc) is 2.41. The number of unbranched alkanes of at least 4 members (excludes halogenated alkanes) is 1. The van der Waals surface area contributed by atoms with Crippen LogP contribution in [0.5, 0.6) is 0 Å². The largest absolute Gasteiger partial charge is 0.149 e. The van der Waals surface area contributed by atoms with Gasteiger partial charge in [-0.05, 0) is 35.1 Å². The predicted molar refractivity (Wildman–Crippen MR) is 56.1 cm³/mol. The molecule has 10 heavy (non-hydrogen) atoms. The Morgan fingerprint density at radius 1 is 1.40 bits per heavy atom. The van der Waals surface area contributed by atoms with Crippen LogP contribution < -0.4 is 0 Å². The fraction of sp³-hybridized carbons (Fsp3) is 0.500. The third-order valence-electron chi connectivity index (χ3n) is 1.39. The van der Waals surface area contributed by atoms with Crippen LogP contribution in [-0.2, 0) is 6.42 Å². The third kappa shape index (κ3) is 3.01. The van der Waals surface area contributed by atoms with Crippen molar-refractivity contribution in [2.24, 2.45) is 0 Å². The Morgan fingerprint density at radius 3 is 2.90 bits per heavy atom. The Kier molecular flexibility index (Phi) is 4.37. The second kappa shape index (κ2) is 5.13. The fourth-order valence-electron chi connectivity index (χ4n) is 0.849. The van der Waals surface area contributed by atoms with Crippen molar-refractivity contribution in [3.63, 3.8) is 0 Å². The van der Waals surface area contributed by atoms with Crippen molar-refractivity contribution < 1.29 is 0 Å². The van der Waals surface area contributed by atoms with Gasteiger partial charge in [0.25, 0.3) is 0 Å². The maximum Gasteiger partial charge on any atom is 0.00452 e. The van der Waals surface area contributed by atoms with Gasteiger partial charge in [-0.2, -0.15) is 0 Å². The lowest BCUT2D eigenvalue weighted by atomic mass is 10.2. The van der Waals surface area contributed by atoms with Crippen LogP contribution in [-0.4, -0.2) is 4.43 Å². The minimum atomic E-state index is 1.28. The van der Waals surface area contributed by atoms with Crippen LogP contribution >= 0.6 is 33.9 Å². The molecule has 0 nitrogen and oxygen atoms in total. The van der Waals surface area contributed by atoms with E-state index in [2.05, 4.69) is 40.1 Å². The molecule has 0 bridgehead atoms. The first-order chi connectivity index (χ1) is 4.93. The van der Waals surface area contributed by atoms with Crippen LogP contribution in [0.4, 0.5) is 0 Å². The van der Waals surface area contributed by atoms with E-state index in [0.29, 0.717) is 0 Å². The van der Waals surface area contributed by atoms with Crippen molar-refractivity contribution in [1.29, 1.82) is 0 Å². The molecule has 1 aromatic rings. The first-order valence-electron chi connectivity index (χ1n) is 3.52. The summed E-state index contributed by atoms with van der Waals surface area (Å²) < 4.78 is 1.29. The van der Waals surface area contributed by atoms with E-state index in [1.54, 1.807) is 0 Å². The minimum Gasteiger partial charge on any atom is -0.149 e. The lowest BCUT2D eigenvalue weighted by molar-refractivity contribution is 0.819. The topological polar surface area (TPSA) is 0 Å². The van der Waals surface area contributed by atoms with E-state index in [1.165, 1.54) is 28.6 Å². The molecule has 0 atom stereocenters. The van der Waals surface area contributed by atoms with Gasteiger partial charge in [0.2, 0.25) is 0 Å². The van der Waals surface area contributed by atoms with E-state index in [4.69, 9.17) is 0 Å². The molecule has 0 spiro atoms. The number of hydrogen-bond donors (Lipinski definition) is 0. The normalized spacial score (nSPS) is 10.1. The van der Waals surface area contributed by atoms with Gasteiger partial charge >= 0.3 is 0 Å². The van der Waals surface area contributed by atoms with Gasteiger partial charge in [-0.15, -0.1) is 11.3 Å². The van der Waals surface area contributed by atoms with Gasteiger partial charge in [0.05, 0.1) is 0 Å². The molecular formula is C8H11IS. The molecule has 0 unspecified atom stereocenters. The van der Waals surface area contributed by atoms with E-state index >= 15 is 0 Å². The van der Waals surface area contributed by atoms with Crippen LogP contribution in [0, 0.1) is 0 Å². The maximum atomic E-state index is 2.43. The molecule has 0 saturated heterocycles. The second-order valence-electron chi connectivity index (χ2n) is 2.23. The van der Waals surface area contributed by atoms with Gasteiger partial charge < -0.3 is 0 Å². The Balaban J connectivity index is 2.15. The highest BCUT2D eigenvalue weighted by Gasteiger charge is 1.91. The van der Waals surface area contributed by atoms with E-state index in [1.807, 2.05) is 11.3 Å². The highest BCUT2D eigenvalue weighted by Crippen LogP contribution is 2.12. The van der Waals surface area contributed by atoms with Crippen LogP contribution in [0.1, 0.15) is 17.7 Å².